The van der Waals surface area contributed by atoms with Crippen LogP contribution in [0.2, 0.25) is 0 Å². The number of aryl methyl sites for hydroxylation is 1. The molecule has 0 saturated heterocycles. The fraction of sp³-hybridized carbons (Fsp3) is 0.364. The molecule has 0 radical (unpaired) electrons. The average molecular weight is 198 g/mol. The molecule has 76 valence electrons. The number of Topliss-reactive ketones (excluding diaryl/α,β-unsaturated/α-hetero) is 1. The van der Waals surface area contributed by atoms with Crippen LogP contribution in [0.4, 0.5) is 8.78 Å². The Labute approximate surface area is 81.7 Å². The van der Waals surface area contributed by atoms with E-state index in [2.05, 4.69) is 0 Å². The molecule has 14 heavy (non-hydrogen) atoms. The van der Waals surface area contributed by atoms with Crippen LogP contribution in [0.1, 0.15) is 30.0 Å². The van der Waals surface area contributed by atoms with Crippen LogP contribution in [-0.4, -0.2) is 5.78 Å². The van der Waals surface area contributed by atoms with Crippen LogP contribution in [0.15, 0.2) is 18.2 Å². The summed E-state index contributed by atoms with van der Waals surface area (Å²) in [5.74, 6) is 0.0363. The number of halogens is 2. The van der Waals surface area contributed by atoms with E-state index in [4.69, 9.17) is 0 Å². The van der Waals surface area contributed by atoms with Crippen LogP contribution in [0.25, 0.3) is 0 Å². The van der Waals surface area contributed by atoms with Crippen LogP contribution in [0, 0.1) is 6.92 Å². The van der Waals surface area contributed by atoms with E-state index in [1.54, 1.807) is 19.1 Å². The van der Waals surface area contributed by atoms with Gasteiger partial charge in [-0.2, -0.15) is 0 Å². The third kappa shape index (κ3) is 2.62. The van der Waals surface area contributed by atoms with Crippen molar-refractivity contribution in [1.29, 1.82) is 0 Å². The number of ketones is 1. The van der Waals surface area contributed by atoms with Crippen molar-refractivity contribution in [3.05, 3.63) is 34.9 Å². The van der Waals surface area contributed by atoms with Crippen LogP contribution < -0.4 is 0 Å². The monoisotopic (exact) mass is 198 g/mol. The predicted octanol–water partition coefficient (Wildman–Crippen LogP) is 3.06. The van der Waals surface area contributed by atoms with Crippen molar-refractivity contribution in [3.63, 3.8) is 0 Å². The number of carbonyl (C=O) groups is 1. The zero-order valence-corrected chi connectivity index (χ0v) is 8.18. The third-order valence-electron chi connectivity index (χ3n) is 2.02. The van der Waals surface area contributed by atoms with E-state index in [0.29, 0.717) is 12.0 Å². The van der Waals surface area contributed by atoms with Gasteiger partial charge in [-0.05, 0) is 25.0 Å². The highest BCUT2D eigenvalue weighted by molar-refractivity contribution is 5.78. The first-order chi connectivity index (χ1) is 6.50. The molecule has 0 amide bonds. The number of hydrogen-bond donors (Lipinski definition) is 0. The summed E-state index contributed by atoms with van der Waals surface area (Å²) in [5.41, 5.74) is 1.37. The fourth-order valence-electron chi connectivity index (χ4n) is 1.38. The summed E-state index contributed by atoms with van der Waals surface area (Å²) >= 11 is 0. The SMILES string of the molecule is CC(=O)Cc1ccc(C(F)F)c(C)c1. The molecular weight excluding hydrogens is 186 g/mol. The van der Waals surface area contributed by atoms with Gasteiger partial charge in [0.15, 0.2) is 0 Å². The van der Waals surface area contributed by atoms with Gasteiger partial charge in [0.05, 0.1) is 0 Å². The first-order valence-electron chi connectivity index (χ1n) is 4.37. The third-order valence-corrected chi connectivity index (χ3v) is 2.02. The van der Waals surface area contributed by atoms with Gasteiger partial charge in [0.2, 0.25) is 0 Å². The second-order valence-electron chi connectivity index (χ2n) is 3.37. The Bertz CT molecular complexity index is 345. The topological polar surface area (TPSA) is 17.1 Å². The van der Waals surface area contributed by atoms with Crippen LogP contribution in [0.3, 0.4) is 0 Å². The summed E-state index contributed by atoms with van der Waals surface area (Å²) in [4.78, 5) is 10.8. The maximum Gasteiger partial charge on any atom is 0.264 e. The molecule has 3 heteroatoms. The molecule has 0 fully saturated rings. The van der Waals surface area contributed by atoms with Crippen molar-refractivity contribution in [1.82, 2.24) is 0 Å². The zero-order chi connectivity index (χ0) is 10.7. The number of hydrogen-bond acceptors (Lipinski definition) is 1. The maximum atomic E-state index is 12.4. The molecule has 0 N–H and O–H groups in total. The highest BCUT2D eigenvalue weighted by atomic mass is 19.3. The van der Waals surface area contributed by atoms with E-state index < -0.39 is 6.43 Å². The van der Waals surface area contributed by atoms with Gasteiger partial charge in [0.1, 0.15) is 5.78 Å². The molecule has 1 nitrogen and oxygen atoms in total. The minimum atomic E-state index is -2.44. The van der Waals surface area contributed by atoms with Gasteiger partial charge in [0, 0.05) is 12.0 Å². The number of benzene rings is 1. The molecule has 0 bridgehead atoms. The van der Waals surface area contributed by atoms with Crippen molar-refractivity contribution < 1.29 is 13.6 Å². The Morgan fingerprint density at radius 3 is 2.50 bits per heavy atom. The van der Waals surface area contributed by atoms with Crippen LogP contribution in [0.5, 0.6) is 0 Å². The maximum absolute atomic E-state index is 12.4. The van der Waals surface area contributed by atoms with Gasteiger partial charge in [-0.3, -0.25) is 4.79 Å². The molecule has 0 aliphatic carbocycles. The van der Waals surface area contributed by atoms with E-state index in [1.165, 1.54) is 13.0 Å². The minimum absolute atomic E-state index is 0.0363. The molecule has 0 aliphatic heterocycles. The Morgan fingerprint density at radius 1 is 1.43 bits per heavy atom. The summed E-state index contributed by atoms with van der Waals surface area (Å²) in [7, 11) is 0. The summed E-state index contributed by atoms with van der Waals surface area (Å²) in [6, 6.07) is 4.61. The van der Waals surface area contributed by atoms with E-state index >= 15 is 0 Å². The standard InChI is InChI=1S/C11H12F2O/c1-7-5-9(6-8(2)14)3-4-10(7)11(12)13/h3-5,11H,6H2,1-2H3. The molecule has 1 rings (SSSR count). The van der Waals surface area contributed by atoms with E-state index in [-0.39, 0.29) is 11.3 Å². The van der Waals surface area contributed by atoms with E-state index in [0.717, 1.165) is 5.56 Å². The second kappa shape index (κ2) is 4.31. The lowest BCUT2D eigenvalue weighted by molar-refractivity contribution is -0.116. The molecule has 0 aliphatic rings. The van der Waals surface area contributed by atoms with Crippen molar-refractivity contribution >= 4 is 5.78 Å². The average Bonchev–Trinajstić information content (AvgIpc) is 2.01. The fourth-order valence-corrected chi connectivity index (χ4v) is 1.38. The summed E-state index contributed by atoms with van der Waals surface area (Å²) in [5, 5.41) is 0. The Balaban J connectivity index is 2.94. The van der Waals surface area contributed by atoms with Gasteiger partial charge in [-0.25, -0.2) is 8.78 Å². The summed E-state index contributed by atoms with van der Waals surface area (Å²) < 4.78 is 24.7. The Hall–Kier alpha value is -1.25. The van der Waals surface area contributed by atoms with Crippen molar-refractivity contribution in [2.24, 2.45) is 0 Å². The molecule has 1 aromatic rings. The normalized spacial score (nSPS) is 10.6. The molecule has 0 unspecified atom stereocenters. The lowest BCUT2D eigenvalue weighted by Crippen LogP contribution is -1.98. The number of carbonyl (C=O) groups excluding carboxylic acids is 1. The highest BCUT2D eigenvalue weighted by Crippen LogP contribution is 2.23. The smallest absolute Gasteiger partial charge is 0.264 e. The van der Waals surface area contributed by atoms with Crippen molar-refractivity contribution in [3.8, 4) is 0 Å². The summed E-state index contributed by atoms with van der Waals surface area (Å²) in [6.45, 7) is 3.11. The second-order valence-corrected chi connectivity index (χ2v) is 3.37. The molecular formula is C11H12F2O. The molecule has 0 saturated carbocycles. The quantitative estimate of drug-likeness (QED) is 0.729. The zero-order valence-electron chi connectivity index (χ0n) is 8.18. The first kappa shape index (κ1) is 10.8. The van der Waals surface area contributed by atoms with E-state index in [1.807, 2.05) is 0 Å². The first-order valence-corrected chi connectivity index (χ1v) is 4.37. The van der Waals surface area contributed by atoms with Crippen LogP contribution >= 0.6 is 0 Å². The van der Waals surface area contributed by atoms with Crippen molar-refractivity contribution in [2.75, 3.05) is 0 Å². The van der Waals surface area contributed by atoms with Gasteiger partial charge < -0.3 is 0 Å². The van der Waals surface area contributed by atoms with E-state index in [9.17, 15) is 13.6 Å². The number of rotatable bonds is 3. The molecule has 0 aromatic heterocycles. The molecule has 1 aromatic carbocycles. The van der Waals surface area contributed by atoms with Crippen molar-refractivity contribution in [2.45, 2.75) is 26.7 Å². The highest BCUT2D eigenvalue weighted by Gasteiger charge is 2.10. The number of alkyl halides is 2. The van der Waals surface area contributed by atoms with Gasteiger partial charge in [0.25, 0.3) is 6.43 Å². The Kier molecular flexibility index (Phi) is 3.33. The van der Waals surface area contributed by atoms with Gasteiger partial charge in [-0.15, -0.1) is 0 Å². The molecule has 0 heterocycles. The van der Waals surface area contributed by atoms with Gasteiger partial charge >= 0.3 is 0 Å². The lowest BCUT2D eigenvalue weighted by Gasteiger charge is -2.06. The lowest BCUT2D eigenvalue weighted by atomic mass is 10.0. The minimum Gasteiger partial charge on any atom is -0.300 e. The predicted molar refractivity (Wildman–Crippen MR) is 50.5 cm³/mol. The summed E-state index contributed by atoms with van der Waals surface area (Å²) in [6.07, 6.45) is -2.13. The molecule has 0 spiro atoms. The largest absolute Gasteiger partial charge is 0.300 e. The Morgan fingerprint density at radius 2 is 2.07 bits per heavy atom. The molecule has 0 atom stereocenters. The van der Waals surface area contributed by atoms with Crippen LogP contribution in [-0.2, 0) is 11.2 Å². The van der Waals surface area contributed by atoms with Gasteiger partial charge in [-0.1, -0.05) is 18.2 Å².